The van der Waals surface area contributed by atoms with Gasteiger partial charge in [-0.15, -0.1) is 12.8 Å². The number of terminal acetylenes is 1. The van der Waals surface area contributed by atoms with Gasteiger partial charge in [0.15, 0.2) is 0 Å². The topological polar surface area (TPSA) is 0 Å². The molecular formula is C5H20. The van der Waals surface area contributed by atoms with Crippen molar-refractivity contribution in [2.24, 2.45) is 0 Å². The van der Waals surface area contributed by atoms with Crippen LogP contribution in [0, 0.1) is 12.8 Å². The predicted octanol–water partition coefficient (Wildman–Crippen LogP) is 2.90. The van der Waals surface area contributed by atoms with Crippen molar-refractivity contribution in [3.63, 3.8) is 0 Å². The van der Waals surface area contributed by atoms with E-state index in [0.29, 0.717) is 0 Å². The van der Waals surface area contributed by atoms with Gasteiger partial charge in [-0.05, 0) is 0 Å². The van der Waals surface area contributed by atoms with Gasteiger partial charge in [-0.25, -0.2) is 0 Å². The maximum atomic E-state index is 5.88. The molecule has 0 aromatic heterocycles. The van der Waals surface area contributed by atoms with Crippen molar-refractivity contribution in [2.45, 2.75) is 22.2 Å². The van der Waals surface area contributed by atoms with Gasteiger partial charge in [-0.2, -0.15) is 0 Å². The second-order valence-electron chi connectivity index (χ2n) is 0. The first-order valence-electron chi connectivity index (χ1n) is 4.20. The lowest BCUT2D eigenvalue weighted by Crippen LogP contribution is -0.576. The SMILES string of the molecule is C.C.[3HH].[3H]C#C.[3H]C[3H].[3H][3H].[3H][3H]. The fourth-order valence-corrected chi connectivity index (χ4v) is 0. The second kappa shape index (κ2) is 121. The van der Waals surface area contributed by atoms with Crippen LogP contribution in [0.1, 0.15) is 33.7 Å². The molecule has 0 aliphatic heterocycles. The Hall–Kier alpha value is -0.440. The number of rotatable bonds is 0. The monoisotopic (exact) mass is 96.2 g/mol. The van der Waals surface area contributed by atoms with Crippen LogP contribution >= 0.6 is 0 Å². The molecule has 0 aromatic rings. The second-order valence-corrected chi connectivity index (χ2v) is 0. The Morgan fingerprint density at radius 3 is 2.00 bits per heavy atom. The minimum absolute atomic E-state index is 0. The summed E-state index contributed by atoms with van der Waals surface area (Å²) in [5, 5.41) is 0. The molecule has 0 heteroatoms. The van der Waals surface area contributed by atoms with E-state index >= 15 is 0 Å². The van der Waals surface area contributed by atoms with E-state index < -0.39 is 0 Å². The van der Waals surface area contributed by atoms with Crippen LogP contribution in [-0.2, 0) is 0 Å². The fourth-order valence-electron chi connectivity index (χ4n) is 0. The van der Waals surface area contributed by atoms with Gasteiger partial charge in [0.1, 0.15) is 1.37 Å². The maximum absolute atomic E-state index is 5.88. The maximum Gasteiger partial charge on any atom is 0.124 e. The molecule has 0 nitrogen and oxygen atoms in total. The van der Waals surface area contributed by atoms with Gasteiger partial charge >= 0.3 is 0 Å². The van der Waals surface area contributed by atoms with Crippen molar-refractivity contribution in [1.29, 1.82) is 0 Å². The van der Waals surface area contributed by atoms with Crippen molar-refractivity contribution in [2.75, 3.05) is 0 Å². The van der Waals surface area contributed by atoms with Gasteiger partial charge in [0.25, 0.3) is 0 Å². The normalized spacial score (nSPS) is 9.00. The smallest absolute Gasteiger partial charge is 0.124 e. The highest BCUT2D eigenvalue weighted by Gasteiger charge is 0.454. The average Bonchev–Trinajstić information content (AvgIpc) is 1.99. The summed E-state index contributed by atoms with van der Waals surface area (Å²) in [6.45, 7) is 0. The van der Waals surface area contributed by atoms with Crippen LogP contribution in [0.4, 0.5) is 0 Å². The molecule has 0 saturated carbocycles. The lowest BCUT2D eigenvalue weighted by atomic mass is 11.4. The molecule has 0 fully saturated rings. The number of hydrogen-bond acceptors (Lipinski definition) is 0. The van der Waals surface area contributed by atoms with Gasteiger partial charge in [-0.1, -0.05) is 22.2 Å². The zero-order valence-corrected chi connectivity index (χ0v) is 1.78. The van der Waals surface area contributed by atoms with Crippen LogP contribution < -0.4 is 0 Å². The molecular weight excluding hydrogens is 60.1 g/mol. The molecule has 40 valence electrons. The van der Waals surface area contributed by atoms with E-state index in [1.807, 2.05) is 0 Å². The average molecular weight is 96.3 g/mol. The van der Waals surface area contributed by atoms with Crippen molar-refractivity contribution in [3.05, 3.63) is 0 Å². The van der Waals surface area contributed by atoms with Crippen LogP contribution in [0.25, 0.3) is 0 Å². The quantitative estimate of drug-likeness (QED) is 0.407. The van der Waals surface area contributed by atoms with Gasteiger partial charge < -0.3 is 0 Å². The standard InChI is InChI=1S/C2H2.3CH4.3H2/c1-2;;;;;;/h1-2H;3*1H4;3*1H/i1T;1T2;;;2*1+2T;1+2. The minimum Gasteiger partial charge on any atom is -0.124 e. The molecule has 0 heterocycles. The van der Waals surface area contributed by atoms with Crippen molar-refractivity contribution in [3.8, 4) is 12.8 Å². The summed E-state index contributed by atoms with van der Waals surface area (Å²) in [6, 6.07) is 0. The molecule has 0 N–H and O–H groups in total. The first-order chi connectivity index (χ1) is 4.83. The first kappa shape index (κ1) is 1.87. The van der Waals surface area contributed by atoms with E-state index in [-0.39, 0.29) is 23.7 Å². The van der Waals surface area contributed by atoms with Gasteiger partial charge in [0.05, 0.1) is 0 Å². The Morgan fingerprint density at radius 2 is 2.00 bits per heavy atom. The third-order valence-corrected chi connectivity index (χ3v) is 0. The minimum atomic E-state index is -0.250. The molecule has 0 amide bonds. The Balaban J connectivity index is -0.00000000698. The number of hydrogen-bond donors (Lipinski definition) is 0. The lowest BCUT2D eigenvalue weighted by Gasteiger charge is -0.701. The molecule has 0 rings (SSSR count). The molecule has 0 bridgehead atoms. The Morgan fingerprint density at radius 1 is 2.00 bits per heavy atom. The summed E-state index contributed by atoms with van der Waals surface area (Å²) >= 11 is 0. The van der Waals surface area contributed by atoms with Crippen molar-refractivity contribution >= 4 is 0 Å². The van der Waals surface area contributed by atoms with Crippen LogP contribution in [0.3, 0.4) is 0 Å². The van der Waals surface area contributed by atoms with E-state index in [0.717, 1.165) is 0 Å². The van der Waals surface area contributed by atoms with Gasteiger partial charge in [-0.3, -0.25) is 0 Å². The summed E-state index contributed by atoms with van der Waals surface area (Å²) < 4.78 is 37.5. The van der Waals surface area contributed by atoms with E-state index in [9.17, 15) is 0 Å². The largest absolute Gasteiger partial charge is 0.124 e. The van der Waals surface area contributed by atoms with Crippen LogP contribution in [0.2, 0.25) is 0 Å². The van der Waals surface area contributed by atoms with E-state index in [1.54, 1.807) is 0 Å². The molecule has 5 heavy (non-hydrogen) atoms. The van der Waals surface area contributed by atoms with Gasteiger partial charge in [0, 0.05) is 10.1 Å². The van der Waals surface area contributed by atoms with E-state index in [4.69, 9.17) is 10.1 Å². The molecule has 0 aliphatic rings. The van der Waals surface area contributed by atoms with Crippen LogP contribution in [0.15, 0.2) is 0 Å². The Bertz CT molecular complexity index is 42.3. The van der Waals surface area contributed by atoms with Crippen LogP contribution in [0.5, 0.6) is 0 Å². The summed E-state index contributed by atoms with van der Waals surface area (Å²) in [5.41, 5.74) is 0. The van der Waals surface area contributed by atoms with Crippen LogP contribution in [-0.4, -0.2) is 0 Å². The van der Waals surface area contributed by atoms with Crippen molar-refractivity contribution in [1.82, 2.24) is 0 Å². The molecule has 0 atom stereocenters. The van der Waals surface area contributed by atoms with Crippen molar-refractivity contribution < 1.29 is 11.5 Å². The highest BCUT2D eigenvalue weighted by Crippen LogP contribution is 0.579. The Labute approximate surface area is 48.1 Å². The predicted molar refractivity (Wildman–Crippen MR) is 36.4 cm³/mol. The molecule has 0 aliphatic carbocycles. The molecule has 0 spiro atoms. The molecule has 0 saturated heterocycles. The first-order valence-corrected chi connectivity index (χ1v) is 0.289. The highest BCUT2D eigenvalue weighted by molar-refractivity contribution is 4.47. The van der Waals surface area contributed by atoms with E-state index in [2.05, 4.69) is 6.42 Å². The Kier molecular flexibility index (Phi) is 45.1. The fraction of sp³-hybridized carbons (Fsp3) is 0.600. The third-order valence-electron chi connectivity index (χ3n) is 0. The van der Waals surface area contributed by atoms with Gasteiger partial charge in [0.2, 0.25) is 0 Å². The molecule has 0 radical (unpaired) electrons. The summed E-state index contributed by atoms with van der Waals surface area (Å²) in [4.78, 5) is 0. The third kappa shape index (κ3) is 44.8. The van der Waals surface area contributed by atoms with E-state index in [1.165, 1.54) is 6.40 Å². The summed E-state index contributed by atoms with van der Waals surface area (Å²) in [7, 11) is -0.250. The zero-order valence-electron chi connectivity index (χ0n) is 8.78. The molecule has 0 aromatic carbocycles. The lowest BCUT2D eigenvalue weighted by molar-refractivity contribution is 2.50. The zero-order chi connectivity index (χ0) is 9.41. The summed E-state index contributed by atoms with van der Waals surface area (Å²) in [6.07, 6.45) is 5.76. The summed E-state index contributed by atoms with van der Waals surface area (Å²) in [5.74, 6) is 0. The molecule has 0 unspecified atom stereocenters. The highest BCUT2D eigenvalue weighted by atomic mass is 12.6.